The smallest absolute Gasteiger partial charge is 0.240 e. The Balaban J connectivity index is 1.73. The van der Waals surface area contributed by atoms with E-state index >= 15 is 0 Å². The highest BCUT2D eigenvalue weighted by Gasteiger charge is 2.39. The van der Waals surface area contributed by atoms with Gasteiger partial charge in [0.05, 0.1) is 11.9 Å². The summed E-state index contributed by atoms with van der Waals surface area (Å²) in [4.78, 5) is 16.3. The molecule has 1 unspecified atom stereocenters. The Morgan fingerprint density at radius 3 is 3.11 bits per heavy atom. The van der Waals surface area contributed by atoms with Crippen LogP contribution in [-0.2, 0) is 11.3 Å². The molecule has 1 aromatic rings. The summed E-state index contributed by atoms with van der Waals surface area (Å²) in [6.07, 6.45) is 10.5. The van der Waals surface area contributed by atoms with Gasteiger partial charge in [0.1, 0.15) is 0 Å². The molecule has 5 nitrogen and oxygen atoms in total. The van der Waals surface area contributed by atoms with Gasteiger partial charge in [-0.05, 0) is 32.2 Å². The molecule has 0 aromatic carbocycles. The van der Waals surface area contributed by atoms with Gasteiger partial charge < -0.3 is 15.2 Å². The van der Waals surface area contributed by atoms with Gasteiger partial charge in [-0.25, -0.2) is 4.98 Å². The Bertz CT molecular complexity index is 382. The monoisotopic (exact) mass is 264 g/mol. The topological polar surface area (TPSA) is 59.0 Å². The SMILES string of the molecule is CCCC1(C(=O)NCCCn2ccnc2)CCCN1. The minimum atomic E-state index is -0.302. The maximum absolute atomic E-state index is 12.3. The molecule has 5 heteroatoms. The maximum atomic E-state index is 12.3. The summed E-state index contributed by atoms with van der Waals surface area (Å²) >= 11 is 0. The molecule has 0 saturated carbocycles. The van der Waals surface area contributed by atoms with Crippen molar-refractivity contribution < 1.29 is 4.79 Å². The molecule has 0 spiro atoms. The van der Waals surface area contributed by atoms with Gasteiger partial charge >= 0.3 is 0 Å². The van der Waals surface area contributed by atoms with Crippen LogP contribution in [-0.4, -0.2) is 34.1 Å². The maximum Gasteiger partial charge on any atom is 0.240 e. The third kappa shape index (κ3) is 3.56. The summed E-state index contributed by atoms with van der Waals surface area (Å²) in [6.45, 7) is 4.72. The zero-order valence-corrected chi connectivity index (χ0v) is 11.7. The third-order valence-electron chi connectivity index (χ3n) is 3.79. The van der Waals surface area contributed by atoms with Crippen molar-refractivity contribution in [2.24, 2.45) is 0 Å². The molecule has 1 aliphatic rings. The average molecular weight is 264 g/mol. The first-order valence-corrected chi connectivity index (χ1v) is 7.26. The van der Waals surface area contributed by atoms with Gasteiger partial charge in [0.2, 0.25) is 5.91 Å². The van der Waals surface area contributed by atoms with Gasteiger partial charge in [-0.1, -0.05) is 13.3 Å². The van der Waals surface area contributed by atoms with Crippen molar-refractivity contribution in [1.29, 1.82) is 0 Å². The number of rotatable bonds is 7. The van der Waals surface area contributed by atoms with Crippen LogP contribution in [0.5, 0.6) is 0 Å². The molecule has 106 valence electrons. The fourth-order valence-electron chi connectivity index (χ4n) is 2.81. The molecular weight excluding hydrogens is 240 g/mol. The molecule has 0 bridgehead atoms. The highest BCUT2D eigenvalue weighted by molar-refractivity contribution is 5.86. The summed E-state index contributed by atoms with van der Waals surface area (Å²) in [5.41, 5.74) is -0.302. The van der Waals surface area contributed by atoms with E-state index in [1.165, 1.54) is 0 Å². The molecule has 1 aliphatic heterocycles. The quantitative estimate of drug-likeness (QED) is 0.730. The number of amides is 1. The molecule has 19 heavy (non-hydrogen) atoms. The third-order valence-corrected chi connectivity index (χ3v) is 3.79. The minimum Gasteiger partial charge on any atom is -0.354 e. The molecule has 2 N–H and O–H groups in total. The first-order chi connectivity index (χ1) is 9.27. The van der Waals surface area contributed by atoms with Crippen molar-refractivity contribution in [2.75, 3.05) is 13.1 Å². The van der Waals surface area contributed by atoms with Crippen LogP contribution < -0.4 is 10.6 Å². The van der Waals surface area contributed by atoms with Crippen molar-refractivity contribution in [3.05, 3.63) is 18.7 Å². The summed E-state index contributed by atoms with van der Waals surface area (Å²) in [7, 11) is 0. The molecule has 1 atom stereocenters. The van der Waals surface area contributed by atoms with Gasteiger partial charge in [-0.3, -0.25) is 4.79 Å². The normalized spacial score (nSPS) is 22.6. The lowest BCUT2D eigenvalue weighted by atomic mass is 9.91. The van der Waals surface area contributed by atoms with E-state index in [-0.39, 0.29) is 11.4 Å². The molecule has 0 aliphatic carbocycles. The van der Waals surface area contributed by atoms with Crippen molar-refractivity contribution in [3.8, 4) is 0 Å². The van der Waals surface area contributed by atoms with E-state index in [0.717, 1.165) is 51.7 Å². The van der Waals surface area contributed by atoms with Crippen LogP contribution in [0, 0.1) is 0 Å². The average Bonchev–Trinajstić information content (AvgIpc) is 3.06. The second-order valence-corrected chi connectivity index (χ2v) is 5.27. The number of hydrogen-bond donors (Lipinski definition) is 2. The fourth-order valence-corrected chi connectivity index (χ4v) is 2.81. The summed E-state index contributed by atoms with van der Waals surface area (Å²) in [5, 5.41) is 6.48. The van der Waals surface area contributed by atoms with E-state index in [0.29, 0.717) is 0 Å². The van der Waals surface area contributed by atoms with Crippen LogP contribution in [0.2, 0.25) is 0 Å². The van der Waals surface area contributed by atoms with Crippen LogP contribution >= 0.6 is 0 Å². The minimum absolute atomic E-state index is 0.178. The number of aryl methyl sites for hydroxylation is 1. The second-order valence-electron chi connectivity index (χ2n) is 5.27. The van der Waals surface area contributed by atoms with Crippen molar-refractivity contribution in [1.82, 2.24) is 20.2 Å². The molecule has 0 radical (unpaired) electrons. The summed E-state index contributed by atoms with van der Waals surface area (Å²) in [6, 6.07) is 0. The number of aromatic nitrogens is 2. The fraction of sp³-hybridized carbons (Fsp3) is 0.714. The zero-order chi connectivity index (χ0) is 13.6. The van der Waals surface area contributed by atoms with Crippen LogP contribution in [0.1, 0.15) is 39.0 Å². The van der Waals surface area contributed by atoms with Gasteiger partial charge in [0.25, 0.3) is 0 Å². The standard InChI is InChI=1S/C14H24N4O/c1-2-5-14(6-3-8-17-14)13(19)16-7-4-10-18-11-9-15-12-18/h9,11-12,17H,2-8,10H2,1H3,(H,16,19). The lowest BCUT2D eigenvalue weighted by molar-refractivity contribution is -0.127. The number of imidazole rings is 1. The molecule has 1 fully saturated rings. The van der Waals surface area contributed by atoms with E-state index in [1.807, 2.05) is 10.8 Å². The summed E-state index contributed by atoms with van der Waals surface area (Å²) in [5.74, 6) is 0.178. The van der Waals surface area contributed by atoms with Crippen molar-refractivity contribution >= 4 is 5.91 Å². The first-order valence-electron chi connectivity index (χ1n) is 7.26. The number of hydrogen-bond acceptors (Lipinski definition) is 3. The second kappa shape index (κ2) is 6.70. The predicted molar refractivity (Wildman–Crippen MR) is 74.7 cm³/mol. The van der Waals surface area contributed by atoms with Gasteiger partial charge in [0.15, 0.2) is 0 Å². The summed E-state index contributed by atoms with van der Waals surface area (Å²) < 4.78 is 2.03. The lowest BCUT2D eigenvalue weighted by Crippen LogP contribution is -2.53. The van der Waals surface area contributed by atoms with E-state index < -0.39 is 0 Å². The van der Waals surface area contributed by atoms with E-state index in [1.54, 1.807) is 12.5 Å². The largest absolute Gasteiger partial charge is 0.354 e. The number of nitrogens with one attached hydrogen (secondary N) is 2. The van der Waals surface area contributed by atoms with Gasteiger partial charge in [-0.2, -0.15) is 0 Å². The predicted octanol–water partition coefficient (Wildman–Crippen LogP) is 1.31. The lowest BCUT2D eigenvalue weighted by Gasteiger charge is -2.27. The van der Waals surface area contributed by atoms with Crippen LogP contribution in [0.15, 0.2) is 18.7 Å². The van der Waals surface area contributed by atoms with Gasteiger partial charge in [-0.15, -0.1) is 0 Å². The molecule has 1 aromatic heterocycles. The number of carbonyl (C=O) groups is 1. The van der Waals surface area contributed by atoms with E-state index in [4.69, 9.17) is 0 Å². The Kier molecular flexibility index (Phi) is 4.96. The Morgan fingerprint density at radius 2 is 2.47 bits per heavy atom. The zero-order valence-electron chi connectivity index (χ0n) is 11.7. The van der Waals surface area contributed by atoms with E-state index in [2.05, 4.69) is 22.5 Å². The van der Waals surface area contributed by atoms with E-state index in [9.17, 15) is 4.79 Å². The van der Waals surface area contributed by atoms with Crippen LogP contribution in [0.3, 0.4) is 0 Å². The number of nitrogens with zero attached hydrogens (tertiary/aromatic N) is 2. The first kappa shape index (κ1) is 14.1. The van der Waals surface area contributed by atoms with Crippen molar-refractivity contribution in [3.63, 3.8) is 0 Å². The molecule has 2 heterocycles. The van der Waals surface area contributed by atoms with Gasteiger partial charge in [0, 0.05) is 25.5 Å². The van der Waals surface area contributed by atoms with Crippen molar-refractivity contribution in [2.45, 2.75) is 51.1 Å². The van der Waals surface area contributed by atoms with Crippen LogP contribution in [0.25, 0.3) is 0 Å². The molecule has 1 saturated heterocycles. The number of carbonyl (C=O) groups excluding carboxylic acids is 1. The highest BCUT2D eigenvalue weighted by Crippen LogP contribution is 2.24. The Labute approximate surface area is 114 Å². The molecule has 2 rings (SSSR count). The molecule has 1 amide bonds. The highest BCUT2D eigenvalue weighted by atomic mass is 16.2. The Morgan fingerprint density at radius 1 is 1.58 bits per heavy atom. The molecular formula is C14H24N4O. The van der Waals surface area contributed by atoms with Crippen LogP contribution in [0.4, 0.5) is 0 Å². The Hall–Kier alpha value is -1.36.